The minimum Gasteiger partial charge on any atom is -0.437 e. The zero-order chi connectivity index (χ0) is 42.0. The van der Waals surface area contributed by atoms with Gasteiger partial charge in [0.1, 0.15) is 17.2 Å². The molecule has 0 spiro atoms. The molecule has 0 saturated heterocycles. The van der Waals surface area contributed by atoms with Crippen LogP contribution < -0.4 is 14.2 Å². The summed E-state index contributed by atoms with van der Waals surface area (Å²) >= 11 is 0. The smallest absolute Gasteiger partial charge is 0.437 e. The van der Waals surface area contributed by atoms with Crippen molar-refractivity contribution in [1.29, 1.82) is 0 Å². The molecule has 1 aliphatic carbocycles. The molecule has 0 aliphatic heterocycles. The van der Waals surface area contributed by atoms with Gasteiger partial charge in [0.25, 0.3) is 0 Å². The lowest BCUT2D eigenvalue weighted by Crippen LogP contribution is -2.30. The molecule has 0 heterocycles. The van der Waals surface area contributed by atoms with E-state index in [2.05, 4.69) is 107 Å². The number of ether oxygens (including phenoxy) is 4. The van der Waals surface area contributed by atoms with Crippen LogP contribution in [0.4, 0.5) is 9.59 Å². The molecule has 0 amide bonds. The number of carbonyl (C=O) groups is 2. The molecule has 0 aromatic heterocycles. The van der Waals surface area contributed by atoms with Crippen LogP contribution in [0.2, 0.25) is 0 Å². The van der Waals surface area contributed by atoms with Crippen molar-refractivity contribution in [3.8, 4) is 17.2 Å². The summed E-state index contributed by atoms with van der Waals surface area (Å²) in [7, 11) is 1.32. The Hall–Kier alpha value is -4.58. The van der Waals surface area contributed by atoms with E-state index in [0.717, 1.165) is 75.3 Å². The Labute approximate surface area is 349 Å². The van der Waals surface area contributed by atoms with E-state index in [-0.39, 0.29) is 21.7 Å². The maximum absolute atomic E-state index is 12.9. The van der Waals surface area contributed by atoms with Crippen molar-refractivity contribution in [2.24, 2.45) is 16.2 Å². The topological polar surface area (TPSA) is 71.1 Å². The molecule has 4 aromatic carbocycles. The van der Waals surface area contributed by atoms with Crippen molar-refractivity contribution >= 4 is 12.3 Å². The normalized spacial score (nSPS) is 14.4. The van der Waals surface area contributed by atoms with Crippen LogP contribution in [0.3, 0.4) is 0 Å². The third-order valence-corrected chi connectivity index (χ3v) is 12.2. The van der Waals surface area contributed by atoms with Gasteiger partial charge in [-0.05, 0) is 152 Å². The van der Waals surface area contributed by atoms with E-state index in [4.69, 9.17) is 14.2 Å². The summed E-state index contributed by atoms with van der Waals surface area (Å²) in [6.45, 7) is 18.5. The molecule has 1 fully saturated rings. The van der Waals surface area contributed by atoms with Gasteiger partial charge >= 0.3 is 12.3 Å². The number of methoxy groups -OCH3 is 1. The molecule has 6 heteroatoms. The summed E-state index contributed by atoms with van der Waals surface area (Å²) in [5.41, 5.74) is 7.66. The third-order valence-electron chi connectivity index (χ3n) is 12.2. The molecule has 1 saturated carbocycles. The quantitative estimate of drug-likeness (QED) is 0.0784. The summed E-state index contributed by atoms with van der Waals surface area (Å²) in [5.74, 6) is 1.56. The van der Waals surface area contributed by atoms with Crippen LogP contribution in [0.25, 0.3) is 0 Å². The highest BCUT2D eigenvalue weighted by Gasteiger charge is 2.36. The van der Waals surface area contributed by atoms with Gasteiger partial charge < -0.3 is 18.9 Å². The van der Waals surface area contributed by atoms with E-state index < -0.39 is 12.3 Å². The minimum atomic E-state index is -0.722. The van der Waals surface area contributed by atoms with Crippen LogP contribution >= 0.6 is 0 Å². The molecule has 0 unspecified atom stereocenters. The maximum atomic E-state index is 12.9. The Balaban J connectivity index is 1.05. The van der Waals surface area contributed by atoms with Crippen molar-refractivity contribution in [3.05, 3.63) is 124 Å². The van der Waals surface area contributed by atoms with Gasteiger partial charge in [0.2, 0.25) is 0 Å². The van der Waals surface area contributed by atoms with Crippen LogP contribution in [0.5, 0.6) is 17.2 Å². The second-order valence-electron chi connectivity index (χ2n) is 19.3. The van der Waals surface area contributed by atoms with Gasteiger partial charge in [0.05, 0.1) is 7.11 Å². The van der Waals surface area contributed by atoms with Crippen LogP contribution in [0.15, 0.2) is 91.0 Å². The lowest BCUT2D eigenvalue weighted by molar-refractivity contribution is 0.111. The Morgan fingerprint density at radius 2 is 1.05 bits per heavy atom. The molecule has 58 heavy (non-hydrogen) atoms. The molecule has 0 bridgehead atoms. The lowest BCUT2D eigenvalue weighted by atomic mass is 9.65. The molecule has 5 rings (SSSR count). The number of hydrogen-bond acceptors (Lipinski definition) is 6. The summed E-state index contributed by atoms with van der Waals surface area (Å²) in [6, 6.07) is 31.0. The summed E-state index contributed by atoms with van der Waals surface area (Å²) in [6.07, 6.45) is 13.3. The van der Waals surface area contributed by atoms with Gasteiger partial charge in [-0.25, -0.2) is 9.59 Å². The fraction of sp³-hybridized carbons (Fsp3) is 0.500. The summed E-state index contributed by atoms with van der Waals surface area (Å²) in [5, 5.41) is 0. The van der Waals surface area contributed by atoms with E-state index in [1.165, 1.54) is 48.6 Å². The van der Waals surface area contributed by atoms with E-state index in [1.54, 1.807) is 0 Å². The average molecular weight is 789 g/mol. The number of carbonyl (C=O) groups excluding carboxylic acids is 2. The fourth-order valence-electron chi connectivity index (χ4n) is 10.2. The van der Waals surface area contributed by atoms with Crippen molar-refractivity contribution in [2.75, 3.05) is 7.11 Å². The van der Waals surface area contributed by atoms with Gasteiger partial charge in [0, 0.05) is 5.41 Å². The summed E-state index contributed by atoms with van der Waals surface area (Å²) < 4.78 is 21.2. The first-order valence-electron chi connectivity index (χ1n) is 21.5. The van der Waals surface area contributed by atoms with Gasteiger partial charge in [-0.3, -0.25) is 0 Å². The molecule has 312 valence electrons. The maximum Gasteiger partial charge on any atom is 0.519 e. The van der Waals surface area contributed by atoms with Gasteiger partial charge in [0.15, 0.2) is 0 Å². The van der Waals surface area contributed by atoms with E-state index >= 15 is 0 Å². The zero-order valence-electron chi connectivity index (χ0n) is 36.8. The van der Waals surface area contributed by atoms with Crippen LogP contribution in [0, 0.1) is 30.1 Å². The highest BCUT2D eigenvalue weighted by molar-refractivity contribution is 5.68. The second-order valence-corrected chi connectivity index (χ2v) is 19.3. The largest absolute Gasteiger partial charge is 0.519 e. The molecule has 0 radical (unpaired) electrons. The summed E-state index contributed by atoms with van der Waals surface area (Å²) in [4.78, 5) is 24.4. The Kier molecular flexibility index (Phi) is 14.9. The molecule has 1 aliphatic rings. The molecular formula is C52H68O6. The average Bonchev–Trinajstić information content (AvgIpc) is 3.16. The molecule has 4 aromatic rings. The fourth-order valence-corrected chi connectivity index (χ4v) is 10.2. The number of benzene rings is 4. The predicted octanol–water partition coefficient (Wildman–Crippen LogP) is 14.5. The highest BCUT2D eigenvalue weighted by Crippen LogP contribution is 2.47. The second kappa shape index (κ2) is 19.4. The Morgan fingerprint density at radius 3 is 1.53 bits per heavy atom. The van der Waals surface area contributed by atoms with Gasteiger partial charge in [-0.1, -0.05) is 128 Å². The van der Waals surface area contributed by atoms with E-state index in [9.17, 15) is 9.59 Å². The monoisotopic (exact) mass is 789 g/mol. The minimum absolute atomic E-state index is 0.00447. The molecular weight excluding hydrogens is 721 g/mol. The predicted molar refractivity (Wildman–Crippen MR) is 235 cm³/mol. The number of aryl methyl sites for hydroxylation is 4. The van der Waals surface area contributed by atoms with E-state index in [1.807, 2.05) is 44.2 Å². The SMILES string of the molecule is COC(=O)Oc1ccc(CCCC(C)(C)CC(C)(C)CC(C)(C)CCCc2ccc(OC(=O)Oc3ccc(C4(c5ccccc5)CCCCC4)cc3)c(C)c2)cc1C. The highest BCUT2D eigenvalue weighted by atomic mass is 16.7. The van der Waals surface area contributed by atoms with E-state index in [0.29, 0.717) is 17.2 Å². The lowest BCUT2D eigenvalue weighted by Gasteiger charge is -2.40. The number of hydrogen-bond donors (Lipinski definition) is 0. The molecule has 0 atom stereocenters. The molecule has 0 N–H and O–H groups in total. The van der Waals surface area contributed by atoms with Gasteiger partial charge in [-0.15, -0.1) is 0 Å². The van der Waals surface area contributed by atoms with Crippen molar-refractivity contribution in [3.63, 3.8) is 0 Å². The Morgan fingerprint density at radius 1 is 0.569 bits per heavy atom. The van der Waals surface area contributed by atoms with Crippen molar-refractivity contribution in [1.82, 2.24) is 0 Å². The first kappa shape index (κ1) is 44.5. The zero-order valence-corrected chi connectivity index (χ0v) is 36.8. The van der Waals surface area contributed by atoms with Crippen molar-refractivity contribution < 1.29 is 28.5 Å². The first-order valence-corrected chi connectivity index (χ1v) is 21.5. The Bertz CT molecular complexity index is 1950. The first-order chi connectivity index (χ1) is 27.5. The molecule has 6 nitrogen and oxygen atoms in total. The van der Waals surface area contributed by atoms with Gasteiger partial charge in [-0.2, -0.15) is 0 Å². The van der Waals surface area contributed by atoms with Crippen LogP contribution in [-0.4, -0.2) is 19.4 Å². The standard InChI is InChI=1S/C52H68O6/c1-38-34-40(22-28-45(38)57-47(53)55-9)18-16-30-49(3,4)36-51(7,8)37-50(5,6)31-17-19-41-23-29-46(39(2)35-41)58-48(54)56-44-26-24-43(25-27-44)52(32-14-11-15-33-52)42-20-12-10-13-21-42/h10,12-13,20-29,34-35H,11,14-19,30-33,36-37H2,1-9H3. The van der Waals surface area contributed by atoms with Crippen LogP contribution in [-0.2, 0) is 23.0 Å². The third kappa shape index (κ3) is 12.7. The van der Waals surface area contributed by atoms with Crippen molar-refractivity contribution in [2.45, 2.75) is 144 Å². The number of rotatable bonds is 17. The van der Waals surface area contributed by atoms with Crippen LogP contribution in [0.1, 0.15) is 146 Å².